The number of ether oxygens (including phenoxy) is 1. The molecule has 3 unspecified atom stereocenters. The summed E-state index contributed by atoms with van der Waals surface area (Å²) in [6.45, 7) is 0.0907. The van der Waals surface area contributed by atoms with E-state index in [0.29, 0.717) is 23.7 Å². The van der Waals surface area contributed by atoms with Gasteiger partial charge in [-0.25, -0.2) is 0 Å². The van der Waals surface area contributed by atoms with Gasteiger partial charge in [-0.3, -0.25) is 0 Å². The number of nitrogen functional groups attached to an aromatic ring is 1. The molecule has 0 amide bonds. The van der Waals surface area contributed by atoms with Gasteiger partial charge in [-0.05, 0) is 0 Å². The van der Waals surface area contributed by atoms with Crippen LogP contribution in [0.15, 0.2) is 6.33 Å². The fourth-order valence-corrected chi connectivity index (χ4v) is 4.65. The Kier molecular flexibility index (Phi) is 3.42. The first-order valence-corrected chi connectivity index (χ1v) is 9.29. The third-order valence-corrected chi connectivity index (χ3v) is 5.66. The molecule has 0 bridgehead atoms. The van der Waals surface area contributed by atoms with Crippen LogP contribution in [0.3, 0.4) is 0 Å². The molecule has 0 radical (unpaired) electrons. The van der Waals surface area contributed by atoms with Gasteiger partial charge >= 0.3 is 134 Å². The number of anilines is 3. The Hall–Kier alpha value is -0.810. The first-order valence-electron chi connectivity index (χ1n) is 6.66. The van der Waals surface area contributed by atoms with E-state index in [0.717, 1.165) is 0 Å². The van der Waals surface area contributed by atoms with E-state index in [9.17, 15) is 9.79 Å². The van der Waals surface area contributed by atoms with Crippen molar-refractivity contribution >= 4 is 41.4 Å². The zero-order valence-electron chi connectivity index (χ0n) is 11.2. The van der Waals surface area contributed by atoms with Gasteiger partial charge in [-0.2, -0.15) is 0 Å². The van der Waals surface area contributed by atoms with Crippen LogP contribution in [0.5, 0.6) is 0 Å². The second kappa shape index (κ2) is 5.10. The molecule has 1 aromatic rings. The predicted molar refractivity (Wildman–Crippen MR) is 82.1 cm³/mol. The van der Waals surface area contributed by atoms with Gasteiger partial charge in [0.1, 0.15) is 0 Å². The van der Waals surface area contributed by atoms with Crippen molar-refractivity contribution in [1.82, 2.24) is 9.97 Å². The standard InChI is InChI=1S/C10H15BrN5O5P/c11-10-15-7-8(12)13-3-14-9(7)16(10)6-1-4-5(20-6)2-19-22(17,18)21-4/h3-6,10,15,17-18,22H,1-2H2,(H2,12,13,14)/t4-,5?,6?,10?/m0/s1. The van der Waals surface area contributed by atoms with Crippen molar-refractivity contribution < 1.29 is 23.6 Å². The van der Waals surface area contributed by atoms with Crippen LogP contribution in [0.2, 0.25) is 0 Å². The van der Waals surface area contributed by atoms with Gasteiger partial charge in [0, 0.05) is 0 Å². The molecule has 10 nitrogen and oxygen atoms in total. The normalized spacial score (nSPS) is 37.3. The quantitative estimate of drug-likeness (QED) is 0.289. The number of halogens is 1. The van der Waals surface area contributed by atoms with Gasteiger partial charge in [-0.1, -0.05) is 0 Å². The average molecular weight is 396 g/mol. The molecule has 3 aliphatic rings. The molecule has 2 fully saturated rings. The van der Waals surface area contributed by atoms with Gasteiger partial charge in [0.25, 0.3) is 0 Å². The van der Waals surface area contributed by atoms with E-state index in [2.05, 4.69) is 31.2 Å². The third kappa shape index (κ3) is 2.33. The molecule has 3 aliphatic heterocycles. The summed E-state index contributed by atoms with van der Waals surface area (Å²) in [5.41, 5.74) is 6.47. The number of alkyl halides is 1. The van der Waals surface area contributed by atoms with Crippen LogP contribution in [0, 0.1) is 0 Å². The molecule has 22 heavy (non-hydrogen) atoms. The van der Waals surface area contributed by atoms with Crippen molar-refractivity contribution in [2.45, 2.75) is 29.9 Å². The summed E-state index contributed by atoms with van der Waals surface area (Å²) in [7, 11) is -4.01. The van der Waals surface area contributed by atoms with Crippen LogP contribution in [0.1, 0.15) is 6.42 Å². The van der Waals surface area contributed by atoms with Crippen LogP contribution in [0.4, 0.5) is 17.3 Å². The van der Waals surface area contributed by atoms with Gasteiger partial charge in [0.2, 0.25) is 0 Å². The van der Waals surface area contributed by atoms with Crippen LogP contribution < -0.4 is 16.0 Å². The predicted octanol–water partition coefficient (Wildman–Crippen LogP) is -0.106. The fourth-order valence-electron chi connectivity index (χ4n) is 2.87. The first-order chi connectivity index (χ1) is 10.4. The Bertz CT molecular complexity index is 609. The van der Waals surface area contributed by atoms with Crippen LogP contribution in [-0.4, -0.2) is 49.9 Å². The summed E-state index contributed by atoms with van der Waals surface area (Å²) < 4.78 is 16.0. The Morgan fingerprint density at radius 2 is 2.23 bits per heavy atom. The Morgan fingerprint density at radius 3 is 3.05 bits per heavy atom. The number of aromatic nitrogens is 2. The molecule has 0 aromatic carbocycles. The van der Waals surface area contributed by atoms with Gasteiger partial charge in [-0.15, -0.1) is 0 Å². The van der Waals surface area contributed by atoms with E-state index in [-0.39, 0.29) is 24.0 Å². The molecule has 12 heteroatoms. The molecule has 4 heterocycles. The minimum absolute atomic E-state index is 0.0907. The summed E-state index contributed by atoms with van der Waals surface area (Å²) in [6, 6.07) is 0. The third-order valence-electron chi connectivity index (χ3n) is 3.84. The summed E-state index contributed by atoms with van der Waals surface area (Å²) >= 11 is 3.50. The second-order valence-electron chi connectivity index (χ2n) is 5.23. The molecular weight excluding hydrogens is 381 g/mol. The molecule has 0 spiro atoms. The maximum absolute atomic E-state index is 9.54. The number of hydrogen-bond acceptors (Lipinski definition) is 10. The zero-order chi connectivity index (χ0) is 15.5. The van der Waals surface area contributed by atoms with Gasteiger partial charge in [0.05, 0.1) is 0 Å². The van der Waals surface area contributed by atoms with Crippen LogP contribution >= 0.6 is 24.1 Å². The molecule has 4 rings (SSSR count). The van der Waals surface area contributed by atoms with Crippen molar-refractivity contribution in [2.75, 3.05) is 22.6 Å². The van der Waals surface area contributed by atoms with E-state index in [1.54, 1.807) is 0 Å². The van der Waals surface area contributed by atoms with Crippen molar-refractivity contribution in [3.63, 3.8) is 0 Å². The number of hydrogen-bond donors (Lipinski definition) is 4. The molecular formula is C10H15BrN5O5P. The Balaban J connectivity index is 1.58. The minimum atomic E-state index is -4.01. The van der Waals surface area contributed by atoms with E-state index >= 15 is 0 Å². The van der Waals surface area contributed by atoms with E-state index in [1.165, 1.54) is 6.33 Å². The molecule has 0 saturated carbocycles. The Labute approximate surface area is 134 Å². The van der Waals surface area contributed by atoms with Crippen molar-refractivity contribution in [1.29, 1.82) is 0 Å². The molecule has 4 atom stereocenters. The maximum atomic E-state index is 9.54. The summed E-state index contributed by atoms with van der Waals surface area (Å²) in [5, 5.41) is 2.87. The summed E-state index contributed by atoms with van der Waals surface area (Å²) in [4.78, 5) is 29.1. The van der Waals surface area contributed by atoms with Gasteiger partial charge < -0.3 is 0 Å². The number of nitrogens with zero attached hydrogens (tertiary/aromatic N) is 3. The van der Waals surface area contributed by atoms with Crippen LogP contribution in [0.25, 0.3) is 0 Å². The van der Waals surface area contributed by atoms with E-state index < -0.39 is 14.3 Å². The molecule has 0 aliphatic carbocycles. The molecule has 122 valence electrons. The summed E-state index contributed by atoms with van der Waals surface area (Å²) in [5.74, 6) is 0.972. The van der Waals surface area contributed by atoms with E-state index in [1.807, 2.05) is 4.90 Å². The van der Waals surface area contributed by atoms with E-state index in [4.69, 9.17) is 19.5 Å². The topological polar surface area (TPSA) is 135 Å². The fraction of sp³-hybridized carbons (Fsp3) is 0.600. The van der Waals surface area contributed by atoms with Gasteiger partial charge in [0.15, 0.2) is 0 Å². The molecule has 1 aromatic heterocycles. The number of nitrogens with two attached hydrogens (primary N) is 1. The molecule has 2 saturated heterocycles. The number of nitrogens with one attached hydrogen (secondary N) is 1. The SMILES string of the molecule is Nc1ncnc2c1NC(Br)N2C1C[C@@H]2O[PH](O)(O)OCC2O1. The second-order valence-corrected chi connectivity index (χ2v) is 7.71. The van der Waals surface area contributed by atoms with Crippen LogP contribution in [-0.2, 0) is 13.8 Å². The average Bonchev–Trinajstić information content (AvgIpc) is 2.98. The van der Waals surface area contributed by atoms with Crippen molar-refractivity contribution in [2.24, 2.45) is 0 Å². The monoisotopic (exact) mass is 395 g/mol. The van der Waals surface area contributed by atoms with Crippen molar-refractivity contribution in [3.8, 4) is 0 Å². The van der Waals surface area contributed by atoms with Crippen molar-refractivity contribution in [3.05, 3.63) is 6.33 Å². The zero-order valence-corrected chi connectivity index (χ0v) is 13.8. The molecule has 5 N–H and O–H groups in total. The Morgan fingerprint density at radius 1 is 1.41 bits per heavy atom. The number of rotatable bonds is 1. The number of fused-ring (bicyclic) bond motifs is 2. The first kappa shape index (κ1) is 14.8. The summed E-state index contributed by atoms with van der Waals surface area (Å²) in [6.07, 6.45) is 0.691.